The summed E-state index contributed by atoms with van der Waals surface area (Å²) in [4.78, 5) is 11.4. The SMILES string of the molecule is Cc1cc(C)c2[nH]ccc2c1C(C)(N)c1nc2ccccc2[nH]1. The molecule has 0 amide bonds. The molecule has 2 aromatic heterocycles. The Morgan fingerprint density at radius 1 is 1.09 bits per heavy atom. The smallest absolute Gasteiger partial charge is 0.131 e. The fraction of sp³-hybridized carbons (Fsp3) is 0.211. The number of nitrogens with two attached hydrogens (primary N) is 1. The molecular weight excluding hydrogens is 284 g/mol. The molecule has 116 valence electrons. The minimum atomic E-state index is -0.697. The van der Waals surface area contributed by atoms with Gasteiger partial charge in [-0.25, -0.2) is 4.98 Å². The highest BCUT2D eigenvalue weighted by atomic mass is 15.0. The molecule has 0 radical (unpaired) electrons. The Hall–Kier alpha value is -2.59. The molecule has 1 unspecified atom stereocenters. The van der Waals surface area contributed by atoms with Crippen LogP contribution in [0.4, 0.5) is 0 Å². The van der Waals surface area contributed by atoms with Crippen molar-refractivity contribution >= 4 is 21.9 Å². The van der Waals surface area contributed by atoms with Crippen LogP contribution in [0, 0.1) is 13.8 Å². The van der Waals surface area contributed by atoms with Crippen LogP contribution in [0.3, 0.4) is 0 Å². The van der Waals surface area contributed by atoms with Crippen molar-refractivity contribution in [3.05, 3.63) is 65.1 Å². The Kier molecular flexibility index (Phi) is 2.87. The molecule has 0 saturated carbocycles. The van der Waals surface area contributed by atoms with Gasteiger partial charge in [0.1, 0.15) is 5.82 Å². The molecule has 4 nitrogen and oxygen atoms in total. The van der Waals surface area contributed by atoms with Crippen molar-refractivity contribution in [3.8, 4) is 0 Å². The highest BCUT2D eigenvalue weighted by molar-refractivity contribution is 5.88. The number of benzene rings is 2. The Balaban J connectivity index is 2.00. The summed E-state index contributed by atoms with van der Waals surface area (Å²) in [7, 11) is 0. The number of imidazole rings is 1. The van der Waals surface area contributed by atoms with Gasteiger partial charge in [0, 0.05) is 17.1 Å². The fourth-order valence-corrected chi connectivity index (χ4v) is 3.59. The van der Waals surface area contributed by atoms with Gasteiger partial charge in [0.25, 0.3) is 0 Å². The van der Waals surface area contributed by atoms with Crippen LogP contribution in [0.2, 0.25) is 0 Å². The first-order chi connectivity index (χ1) is 11.0. The molecule has 0 fully saturated rings. The lowest BCUT2D eigenvalue weighted by Crippen LogP contribution is -2.36. The molecular formula is C19H20N4. The average Bonchev–Trinajstić information content (AvgIpc) is 3.13. The molecule has 0 bridgehead atoms. The van der Waals surface area contributed by atoms with E-state index in [1.165, 1.54) is 11.1 Å². The van der Waals surface area contributed by atoms with E-state index in [0.717, 1.165) is 33.3 Å². The van der Waals surface area contributed by atoms with Crippen LogP contribution in [0.25, 0.3) is 21.9 Å². The maximum atomic E-state index is 6.79. The molecule has 2 heterocycles. The summed E-state index contributed by atoms with van der Waals surface area (Å²) in [6, 6.07) is 12.3. The van der Waals surface area contributed by atoms with E-state index in [1.54, 1.807) is 0 Å². The number of rotatable bonds is 2. The maximum absolute atomic E-state index is 6.79. The van der Waals surface area contributed by atoms with E-state index in [1.807, 2.05) is 37.4 Å². The zero-order valence-corrected chi connectivity index (χ0v) is 13.6. The lowest BCUT2D eigenvalue weighted by Gasteiger charge is -2.26. The average molecular weight is 304 g/mol. The van der Waals surface area contributed by atoms with Crippen molar-refractivity contribution in [2.45, 2.75) is 26.3 Å². The Labute approximate surface area is 134 Å². The van der Waals surface area contributed by atoms with Crippen LogP contribution in [0.1, 0.15) is 29.4 Å². The van der Waals surface area contributed by atoms with Crippen LogP contribution in [0.5, 0.6) is 0 Å². The van der Waals surface area contributed by atoms with E-state index in [-0.39, 0.29) is 0 Å². The first kappa shape index (κ1) is 14.0. The zero-order valence-electron chi connectivity index (χ0n) is 13.6. The van der Waals surface area contributed by atoms with Crippen molar-refractivity contribution in [3.63, 3.8) is 0 Å². The summed E-state index contributed by atoms with van der Waals surface area (Å²) in [5, 5.41) is 1.16. The lowest BCUT2D eigenvalue weighted by molar-refractivity contribution is 0.569. The number of aromatic amines is 2. The predicted octanol–water partition coefficient (Wildman–Crippen LogP) is 3.88. The van der Waals surface area contributed by atoms with Gasteiger partial charge in [0.2, 0.25) is 0 Å². The van der Waals surface area contributed by atoms with Gasteiger partial charge in [-0.3, -0.25) is 0 Å². The largest absolute Gasteiger partial charge is 0.361 e. The Morgan fingerprint density at radius 3 is 2.65 bits per heavy atom. The van der Waals surface area contributed by atoms with E-state index in [0.29, 0.717) is 0 Å². The highest BCUT2D eigenvalue weighted by Gasteiger charge is 2.31. The summed E-state index contributed by atoms with van der Waals surface area (Å²) in [6.45, 7) is 6.25. The van der Waals surface area contributed by atoms with Crippen molar-refractivity contribution in [2.75, 3.05) is 0 Å². The highest BCUT2D eigenvalue weighted by Crippen LogP contribution is 2.35. The number of H-pyrrole nitrogens is 2. The van der Waals surface area contributed by atoms with Crippen LogP contribution >= 0.6 is 0 Å². The van der Waals surface area contributed by atoms with E-state index in [9.17, 15) is 0 Å². The molecule has 4 heteroatoms. The molecule has 1 atom stereocenters. The summed E-state index contributed by atoms with van der Waals surface area (Å²) < 4.78 is 0. The summed E-state index contributed by atoms with van der Waals surface area (Å²) in [6.07, 6.45) is 1.97. The number of nitrogens with zero attached hydrogens (tertiary/aromatic N) is 1. The molecule has 4 aromatic rings. The summed E-state index contributed by atoms with van der Waals surface area (Å²) in [5.74, 6) is 0.785. The number of hydrogen-bond acceptors (Lipinski definition) is 2. The minimum Gasteiger partial charge on any atom is -0.361 e. The molecule has 4 rings (SSSR count). The molecule has 0 aliphatic carbocycles. The van der Waals surface area contributed by atoms with Gasteiger partial charge in [-0.2, -0.15) is 0 Å². The van der Waals surface area contributed by atoms with Gasteiger partial charge in [0.05, 0.1) is 16.6 Å². The maximum Gasteiger partial charge on any atom is 0.131 e. The first-order valence-corrected chi connectivity index (χ1v) is 7.80. The quantitative estimate of drug-likeness (QED) is 0.526. The van der Waals surface area contributed by atoms with Crippen molar-refractivity contribution < 1.29 is 0 Å². The second-order valence-corrected chi connectivity index (χ2v) is 6.46. The fourth-order valence-electron chi connectivity index (χ4n) is 3.59. The van der Waals surface area contributed by atoms with Gasteiger partial charge in [0.15, 0.2) is 0 Å². The van der Waals surface area contributed by atoms with Gasteiger partial charge in [-0.05, 0) is 55.7 Å². The van der Waals surface area contributed by atoms with Crippen LogP contribution < -0.4 is 5.73 Å². The van der Waals surface area contributed by atoms with Gasteiger partial charge in [-0.15, -0.1) is 0 Å². The monoisotopic (exact) mass is 304 g/mol. The van der Waals surface area contributed by atoms with E-state index < -0.39 is 5.54 Å². The third-order valence-electron chi connectivity index (χ3n) is 4.64. The Bertz CT molecular complexity index is 987. The second-order valence-electron chi connectivity index (χ2n) is 6.46. The standard InChI is InChI=1S/C19H20N4/c1-11-10-12(2)17-13(8-9-21-17)16(11)19(3,20)18-22-14-6-4-5-7-15(14)23-18/h4-10,21H,20H2,1-3H3,(H,22,23). The van der Waals surface area contributed by atoms with Gasteiger partial charge >= 0.3 is 0 Å². The van der Waals surface area contributed by atoms with Crippen LogP contribution in [-0.4, -0.2) is 15.0 Å². The van der Waals surface area contributed by atoms with E-state index in [2.05, 4.69) is 35.9 Å². The third-order valence-corrected chi connectivity index (χ3v) is 4.64. The molecule has 0 spiro atoms. The predicted molar refractivity (Wildman–Crippen MR) is 94.5 cm³/mol. The van der Waals surface area contributed by atoms with Crippen LogP contribution in [0.15, 0.2) is 42.6 Å². The molecule has 4 N–H and O–H groups in total. The molecule has 2 aromatic carbocycles. The second kappa shape index (κ2) is 4.70. The summed E-state index contributed by atoms with van der Waals surface area (Å²) >= 11 is 0. The lowest BCUT2D eigenvalue weighted by atomic mass is 9.85. The molecule has 0 aliphatic rings. The topological polar surface area (TPSA) is 70.5 Å². The van der Waals surface area contributed by atoms with Crippen molar-refractivity contribution in [1.82, 2.24) is 15.0 Å². The third kappa shape index (κ3) is 1.99. The number of aryl methyl sites for hydroxylation is 2. The number of para-hydroxylation sites is 2. The van der Waals surface area contributed by atoms with Crippen molar-refractivity contribution in [2.24, 2.45) is 5.73 Å². The molecule has 0 aliphatic heterocycles. The molecule has 0 saturated heterocycles. The van der Waals surface area contributed by atoms with E-state index in [4.69, 9.17) is 10.7 Å². The normalized spacial score (nSPS) is 14.4. The Morgan fingerprint density at radius 2 is 1.87 bits per heavy atom. The minimum absolute atomic E-state index is 0.697. The number of fused-ring (bicyclic) bond motifs is 2. The van der Waals surface area contributed by atoms with Gasteiger partial charge < -0.3 is 15.7 Å². The number of aromatic nitrogens is 3. The van der Waals surface area contributed by atoms with Gasteiger partial charge in [-0.1, -0.05) is 18.2 Å². The first-order valence-electron chi connectivity index (χ1n) is 7.80. The zero-order chi connectivity index (χ0) is 16.2. The van der Waals surface area contributed by atoms with Crippen molar-refractivity contribution in [1.29, 1.82) is 0 Å². The number of hydrogen-bond donors (Lipinski definition) is 3. The van der Waals surface area contributed by atoms with E-state index >= 15 is 0 Å². The van der Waals surface area contributed by atoms with Crippen LogP contribution in [-0.2, 0) is 5.54 Å². The summed E-state index contributed by atoms with van der Waals surface area (Å²) in [5.41, 5.74) is 12.7. The molecule has 23 heavy (non-hydrogen) atoms. The number of nitrogens with one attached hydrogen (secondary N) is 2.